The average Bonchev–Trinajstić information content (AvgIpc) is 2.03. The summed E-state index contributed by atoms with van der Waals surface area (Å²) in [7, 11) is 0. The molecule has 0 aliphatic carbocycles. The molecule has 0 atom stereocenters. The molecular formula is C9H12BrN3. The minimum absolute atomic E-state index is 0.342. The van der Waals surface area contributed by atoms with Crippen LogP contribution < -0.4 is 5.32 Å². The van der Waals surface area contributed by atoms with Crippen molar-refractivity contribution in [3.8, 4) is 0 Å². The van der Waals surface area contributed by atoms with Crippen molar-refractivity contribution in [2.75, 3.05) is 5.32 Å². The quantitative estimate of drug-likeness (QED) is 0.775. The third-order valence-electron chi connectivity index (χ3n) is 1.52. The van der Waals surface area contributed by atoms with Crippen molar-refractivity contribution in [1.29, 1.82) is 5.53 Å². The van der Waals surface area contributed by atoms with E-state index in [0.717, 1.165) is 10.2 Å². The molecule has 0 bridgehead atoms. The molecule has 3 nitrogen and oxygen atoms in total. The van der Waals surface area contributed by atoms with E-state index in [9.17, 15) is 0 Å². The molecule has 1 rings (SSSR count). The van der Waals surface area contributed by atoms with Crippen LogP contribution in [0, 0.1) is 5.53 Å². The molecule has 2 N–H and O–H groups in total. The van der Waals surface area contributed by atoms with E-state index < -0.39 is 0 Å². The Labute approximate surface area is 86.2 Å². The smallest absolute Gasteiger partial charge is 0.108 e. The van der Waals surface area contributed by atoms with Gasteiger partial charge in [0.2, 0.25) is 0 Å². The van der Waals surface area contributed by atoms with Gasteiger partial charge in [0.1, 0.15) is 5.69 Å². The molecule has 0 saturated carbocycles. The zero-order chi connectivity index (χ0) is 9.84. The Morgan fingerprint density at radius 2 is 2.15 bits per heavy atom. The van der Waals surface area contributed by atoms with Gasteiger partial charge in [-0.1, -0.05) is 15.9 Å². The third-order valence-corrected chi connectivity index (χ3v) is 2.02. The molecule has 0 radical (unpaired) electrons. The molecule has 0 aliphatic rings. The second-order valence-electron chi connectivity index (χ2n) is 3.07. The van der Waals surface area contributed by atoms with Gasteiger partial charge in [0.15, 0.2) is 0 Å². The summed E-state index contributed by atoms with van der Waals surface area (Å²) >= 11 is 3.37. The summed E-state index contributed by atoms with van der Waals surface area (Å²) in [5.74, 6) is 0. The van der Waals surface area contributed by atoms with E-state index in [0.29, 0.717) is 11.7 Å². The topological polar surface area (TPSA) is 48.2 Å². The van der Waals surface area contributed by atoms with E-state index in [4.69, 9.17) is 5.53 Å². The first-order valence-corrected chi connectivity index (χ1v) is 4.86. The monoisotopic (exact) mass is 241 g/mol. The lowest BCUT2D eigenvalue weighted by atomic mass is 10.2. The Kier molecular flexibility index (Phi) is 3.42. The minimum Gasteiger partial charge on any atom is -0.381 e. The van der Waals surface area contributed by atoms with Gasteiger partial charge in [0.05, 0.1) is 5.69 Å². The van der Waals surface area contributed by atoms with Crippen molar-refractivity contribution in [3.05, 3.63) is 22.7 Å². The Balaban J connectivity index is 3.01. The largest absolute Gasteiger partial charge is 0.381 e. The van der Waals surface area contributed by atoms with Gasteiger partial charge in [-0.05, 0) is 32.0 Å². The lowest BCUT2D eigenvalue weighted by molar-refractivity contribution is 0.898. The summed E-state index contributed by atoms with van der Waals surface area (Å²) in [5.41, 5.74) is 8.52. The first-order chi connectivity index (χ1) is 6.13. The molecular weight excluding hydrogens is 230 g/mol. The normalized spacial score (nSPS) is 10.2. The zero-order valence-corrected chi connectivity index (χ0v) is 9.22. The third kappa shape index (κ3) is 2.81. The highest BCUT2D eigenvalue weighted by molar-refractivity contribution is 9.10. The van der Waals surface area contributed by atoms with Crippen molar-refractivity contribution < 1.29 is 0 Å². The molecule has 70 valence electrons. The first kappa shape index (κ1) is 10.2. The maximum Gasteiger partial charge on any atom is 0.108 e. The zero-order valence-electron chi connectivity index (χ0n) is 7.63. The number of rotatable bonds is 3. The standard InChI is InChI=1S/C9H12BrN3/c1-6(2)12-9-5-7(10)3-4-8(9)13-11/h3-6,11-12H,1-2H3. The lowest BCUT2D eigenvalue weighted by Gasteiger charge is -2.11. The van der Waals surface area contributed by atoms with Crippen molar-refractivity contribution in [2.45, 2.75) is 19.9 Å². The van der Waals surface area contributed by atoms with E-state index in [1.807, 2.05) is 18.2 Å². The summed E-state index contributed by atoms with van der Waals surface area (Å²) in [6.45, 7) is 4.10. The van der Waals surface area contributed by atoms with E-state index >= 15 is 0 Å². The van der Waals surface area contributed by atoms with Gasteiger partial charge in [0.25, 0.3) is 0 Å². The van der Waals surface area contributed by atoms with Crippen LogP contribution in [0.25, 0.3) is 0 Å². The Morgan fingerprint density at radius 1 is 1.46 bits per heavy atom. The molecule has 0 aromatic heterocycles. The summed E-state index contributed by atoms with van der Waals surface area (Å²) in [4.78, 5) is 0. The second-order valence-corrected chi connectivity index (χ2v) is 3.99. The van der Waals surface area contributed by atoms with Crippen molar-refractivity contribution in [3.63, 3.8) is 0 Å². The highest BCUT2D eigenvalue weighted by atomic mass is 79.9. The molecule has 1 aromatic rings. The van der Waals surface area contributed by atoms with Crippen molar-refractivity contribution in [1.82, 2.24) is 0 Å². The minimum atomic E-state index is 0.342. The van der Waals surface area contributed by atoms with Gasteiger partial charge < -0.3 is 5.32 Å². The van der Waals surface area contributed by atoms with E-state index in [1.165, 1.54) is 0 Å². The van der Waals surface area contributed by atoms with E-state index in [-0.39, 0.29) is 0 Å². The van der Waals surface area contributed by atoms with Gasteiger partial charge in [-0.15, -0.1) is 0 Å². The van der Waals surface area contributed by atoms with Gasteiger partial charge in [-0.3, -0.25) is 0 Å². The molecule has 0 fully saturated rings. The predicted molar refractivity (Wildman–Crippen MR) is 57.7 cm³/mol. The van der Waals surface area contributed by atoms with E-state index in [2.05, 4.69) is 40.2 Å². The number of nitrogens with one attached hydrogen (secondary N) is 2. The van der Waals surface area contributed by atoms with Gasteiger partial charge in [-0.2, -0.15) is 5.11 Å². The maximum absolute atomic E-state index is 6.97. The fourth-order valence-electron chi connectivity index (χ4n) is 1.03. The molecule has 0 unspecified atom stereocenters. The molecule has 1 aromatic carbocycles. The van der Waals surface area contributed by atoms with Crippen LogP contribution in [0.5, 0.6) is 0 Å². The Morgan fingerprint density at radius 3 is 2.69 bits per heavy atom. The van der Waals surface area contributed by atoms with Crippen LogP contribution >= 0.6 is 15.9 Å². The highest BCUT2D eigenvalue weighted by Gasteiger charge is 2.02. The first-order valence-electron chi connectivity index (χ1n) is 4.07. The summed E-state index contributed by atoms with van der Waals surface area (Å²) in [6, 6.07) is 5.95. The van der Waals surface area contributed by atoms with Crippen LogP contribution in [0.2, 0.25) is 0 Å². The Hall–Kier alpha value is -0.900. The number of hydrogen-bond acceptors (Lipinski definition) is 3. The predicted octanol–water partition coefficient (Wildman–Crippen LogP) is 3.93. The van der Waals surface area contributed by atoms with Crippen LogP contribution in [0.3, 0.4) is 0 Å². The maximum atomic E-state index is 6.97. The SMILES string of the molecule is CC(C)Nc1cc(Br)ccc1N=N. The number of anilines is 1. The van der Waals surface area contributed by atoms with Crippen LogP contribution in [0.1, 0.15) is 13.8 Å². The molecule has 0 heterocycles. The fraction of sp³-hybridized carbons (Fsp3) is 0.333. The molecule has 0 amide bonds. The van der Waals surface area contributed by atoms with Gasteiger partial charge in [-0.25, -0.2) is 5.53 Å². The molecule has 13 heavy (non-hydrogen) atoms. The van der Waals surface area contributed by atoms with Crippen LogP contribution in [-0.4, -0.2) is 6.04 Å². The number of benzene rings is 1. The summed E-state index contributed by atoms with van der Waals surface area (Å²) in [5, 5.41) is 6.65. The van der Waals surface area contributed by atoms with Crippen molar-refractivity contribution >= 4 is 27.3 Å². The molecule has 0 aliphatic heterocycles. The number of nitrogens with zero attached hydrogens (tertiary/aromatic N) is 1. The van der Waals surface area contributed by atoms with E-state index in [1.54, 1.807) is 0 Å². The number of hydrogen-bond donors (Lipinski definition) is 2. The van der Waals surface area contributed by atoms with Crippen LogP contribution in [0.4, 0.5) is 11.4 Å². The van der Waals surface area contributed by atoms with Gasteiger partial charge >= 0.3 is 0 Å². The molecule has 0 spiro atoms. The second kappa shape index (κ2) is 4.37. The Bertz CT molecular complexity index is 310. The van der Waals surface area contributed by atoms with Crippen LogP contribution in [-0.2, 0) is 0 Å². The number of halogens is 1. The molecule has 4 heteroatoms. The average molecular weight is 242 g/mol. The lowest BCUT2D eigenvalue weighted by Crippen LogP contribution is -2.09. The molecule has 0 saturated heterocycles. The van der Waals surface area contributed by atoms with Gasteiger partial charge in [0, 0.05) is 10.5 Å². The fourth-order valence-corrected chi connectivity index (χ4v) is 1.39. The summed E-state index contributed by atoms with van der Waals surface area (Å²) in [6.07, 6.45) is 0. The van der Waals surface area contributed by atoms with Crippen LogP contribution in [0.15, 0.2) is 27.8 Å². The highest BCUT2D eigenvalue weighted by Crippen LogP contribution is 2.28. The summed E-state index contributed by atoms with van der Waals surface area (Å²) < 4.78 is 0.989. The van der Waals surface area contributed by atoms with Crippen molar-refractivity contribution in [2.24, 2.45) is 5.11 Å².